The molecule has 1 aliphatic rings. The molecule has 0 amide bonds. The van der Waals surface area contributed by atoms with Crippen molar-refractivity contribution in [1.29, 1.82) is 0 Å². The molecule has 0 fully saturated rings. The Labute approximate surface area is 187 Å². The van der Waals surface area contributed by atoms with E-state index in [0.717, 1.165) is 47.7 Å². The number of aromatic nitrogens is 2. The van der Waals surface area contributed by atoms with Gasteiger partial charge < -0.3 is 10.1 Å². The summed E-state index contributed by atoms with van der Waals surface area (Å²) < 4.78 is 5.79. The number of fused-ring (bicyclic) bond motifs is 1. The number of methoxy groups -OCH3 is 1. The molecule has 2 aromatic carbocycles. The Morgan fingerprint density at radius 3 is 2.50 bits per heavy atom. The van der Waals surface area contributed by atoms with E-state index in [0.29, 0.717) is 10.0 Å². The maximum atomic E-state index is 6.48. The smallest absolute Gasteiger partial charge is 0.148 e. The van der Waals surface area contributed by atoms with Crippen molar-refractivity contribution in [1.82, 2.24) is 9.97 Å². The van der Waals surface area contributed by atoms with Gasteiger partial charge in [-0.2, -0.15) is 0 Å². The van der Waals surface area contributed by atoms with Crippen LogP contribution in [-0.2, 0) is 24.0 Å². The van der Waals surface area contributed by atoms with Crippen LogP contribution in [0.2, 0.25) is 10.0 Å². The first kappa shape index (κ1) is 21.1. The van der Waals surface area contributed by atoms with Gasteiger partial charge in [0, 0.05) is 24.1 Å². The highest BCUT2D eigenvalue weighted by Crippen LogP contribution is 2.37. The number of hydrogen-bond acceptors (Lipinski definition) is 4. The molecule has 2 atom stereocenters. The van der Waals surface area contributed by atoms with Crippen LogP contribution in [0.3, 0.4) is 0 Å². The lowest BCUT2D eigenvalue weighted by Gasteiger charge is -2.23. The SMILES string of the molecule is CCc1nc(-c2ccc(Cl)cc2Cl)c(CC)nc1N[C@@H]1c2ccccc2C[C@@H]1OC. The molecule has 1 N–H and O–H groups in total. The largest absolute Gasteiger partial charge is 0.379 e. The Balaban J connectivity index is 1.76. The number of aryl methyl sites for hydroxylation is 2. The van der Waals surface area contributed by atoms with Crippen LogP contribution >= 0.6 is 23.2 Å². The first-order chi connectivity index (χ1) is 14.5. The normalized spacial score (nSPS) is 17.8. The molecule has 6 heteroatoms. The van der Waals surface area contributed by atoms with Gasteiger partial charge in [0.15, 0.2) is 0 Å². The van der Waals surface area contributed by atoms with Crippen molar-refractivity contribution in [3.8, 4) is 11.3 Å². The van der Waals surface area contributed by atoms with Crippen molar-refractivity contribution in [2.24, 2.45) is 0 Å². The van der Waals surface area contributed by atoms with Crippen molar-refractivity contribution < 1.29 is 4.74 Å². The van der Waals surface area contributed by atoms with Crippen LogP contribution in [0.1, 0.15) is 42.4 Å². The molecule has 4 nitrogen and oxygen atoms in total. The zero-order valence-electron chi connectivity index (χ0n) is 17.4. The molecule has 0 saturated carbocycles. The first-order valence-electron chi connectivity index (χ1n) is 10.3. The van der Waals surface area contributed by atoms with Gasteiger partial charge in [-0.1, -0.05) is 61.3 Å². The molecular formula is C24H25Cl2N3O. The van der Waals surface area contributed by atoms with Crippen molar-refractivity contribution in [3.05, 3.63) is 75.0 Å². The summed E-state index contributed by atoms with van der Waals surface area (Å²) in [5, 5.41) is 4.83. The Hall–Kier alpha value is -2.14. The number of rotatable bonds is 6. The molecule has 0 spiro atoms. The molecule has 156 valence electrons. The van der Waals surface area contributed by atoms with Gasteiger partial charge in [-0.25, -0.2) is 9.97 Å². The van der Waals surface area contributed by atoms with Crippen molar-refractivity contribution in [2.45, 2.75) is 45.3 Å². The molecule has 1 aliphatic carbocycles. The summed E-state index contributed by atoms with van der Waals surface area (Å²) in [6.45, 7) is 4.17. The van der Waals surface area contributed by atoms with E-state index in [4.69, 9.17) is 37.9 Å². The van der Waals surface area contributed by atoms with Gasteiger partial charge in [0.1, 0.15) is 5.82 Å². The predicted molar refractivity (Wildman–Crippen MR) is 124 cm³/mol. The first-order valence-corrected chi connectivity index (χ1v) is 11.0. The summed E-state index contributed by atoms with van der Waals surface area (Å²) in [6.07, 6.45) is 2.45. The van der Waals surface area contributed by atoms with E-state index in [1.54, 1.807) is 13.2 Å². The topological polar surface area (TPSA) is 47.0 Å². The molecule has 3 aromatic rings. The lowest BCUT2D eigenvalue weighted by Crippen LogP contribution is -2.25. The van der Waals surface area contributed by atoms with Crippen molar-refractivity contribution in [3.63, 3.8) is 0 Å². The van der Waals surface area contributed by atoms with E-state index in [-0.39, 0.29) is 12.1 Å². The highest BCUT2D eigenvalue weighted by atomic mass is 35.5. The minimum atomic E-state index is 0.0421. The van der Waals surface area contributed by atoms with Crippen molar-refractivity contribution >= 4 is 29.0 Å². The average molecular weight is 442 g/mol. The van der Waals surface area contributed by atoms with Crippen LogP contribution in [0.5, 0.6) is 0 Å². The minimum absolute atomic E-state index is 0.0421. The summed E-state index contributed by atoms with van der Waals surface area (Å²) in [6, 6.07) is 14.0. The number of nitrogens with zero attached hydrogens (tertiary/aromatic N) is 2. The van der Waals surface area contributed by atoms with Crippen LogP contribution in [0.25, 0.3) is 11.3 Å². The fourth-order valence-corrected chi connectivity index (χ4v) is 4.60. The summed E-state index contributed by atoms with van der Waals surface area (Å²) in [4.78, 5) is 9.96. The van der Waals surface area contributed by atoms with E-state index in [1.165, 1.54) is 11.1 Å². The van der Waals surface area contributed by atoms with E-state index < -0.39 is 0 Å². The van der Waals surface area contributed by atoms with Gasteiger partial charge in [0.25, 0.3) is 0 Å². The Morgan fingerprint density at radius 2 is 1.80 bits per heavy atom. The van der Waals surface area contributed by atoms with Gasteiger partial charge in [-0.05, 0) is 42.2 Å². The molecule has 1 heterocycles. The van der Waals surface area contributed by atoms with Crippen molar-refractivity contribution in [2.75, 3.05) is 12.4 Å². The molecular weight excluding hydrogens is 417 g/mol. The third-order valence-corrected chi connectivity index (χ3v) is 6.22. The molecule has 4 rings (SSSR count). The summed E-state index contributed by atoms with van der Waals surface area (Å²) in [5.41, 5.74) is 6.06. The average Bonchev–Trinajstić information content (AvgIpc) is 3.11. The highest BCUT2D eigenvalue weighted by molar-refractivity contribution is 6.36. The highest BCUT2D eigenvalue weighted by Gasteiger charge is 2.33. The predicted octanol–water partition coefficient (Wildman–Crippen LogP) is 6.30. The maximum Gasteiger partial charge on any atom is 0.148 e. The van der Waals surface area contributed by atoms with E-state index in [1.807, 2.05) is 12.1 Å². The van der Waals surface area contributed by atoms with Crippen LogP contribution in [-0.4, -0.2) is 23.2 Å². The van der Waals surface area contributed by atoms with Gasteiger partial charge >= 0.3 is 0 Å². The summed E-state index contributed by atoms with van der Waals surface area (Å²) in [5.74, 6) is 0.812. The summed E-state index contributed by atoms with van der Waals surface area (Å²) in [7, 11) is 1.76. The Morgan fingerprint density at radius 1 is 1.03 bits per heavy atom. The van der Waals surface area contributed by atoms with Gasteiger partial charge in [0.05, 0.1) is 34.3 Å². The number of hydrogen-bond donors (Lipinski definition) is 1. The number of anilines is 1. The Bertz CT molecular complexity index is 1070. The Kier molecular flexibility index (Phi) is 6.28. The lowest BCUT2D eigenvalue weighted by molar-refractivity contribution is 0.0959. The van der Waals surface area contributed by atoms with Gasteiger partial charge in [0.2, 0.25) is 0 Å². The molecule has 0 bridgehead atoms. The fourth-order valence-electron chi connectivity index (χ4n) is 4.11. The number of ether oxygens (including phenoxy) is 1. The third kappa shape index (κ3) is 3.92. The quantitative estimate of drug-likeness (QED) is 0.487. The van der Waals surface area contributed by atoms with Gasteiger partial charge in [-0.15, -0.1) is 0 Å². The van der Waals surface area contributed by atoms with E-state index in [9.17, 15) is 0 Å². The zero-order chi connectivity index (χ0) is 21.3. The second-order valence-corrected chi connectivity index (χ2v) is 8.29. The van der Waals surface area contributed by atoms with Crippen LogP contribution in [0.4, 0.5) is 5.82 Å². The van der Waals surface area contributed by atoms with Crippen LogP contribution < -0.4 is 5.32 Å². The molecule has 0 aliphatic heterocycles. The number of halogens is 2. The molecule has 30 heavy (non-hydrogen) atoms. The summed E-state index contributed by atoms with van der Waals surface area (Å²) >= 11 is 12.6. The van der Waals surface area contributed by atoms with Crippen LogP contribution in [0, 0.1) is 0 Å². The van der Waals surface area contributed by atoms with E-state index >= 15 is 0 Å². The van der Waals surface area contributed by atoms with Crippen LogP contribution in [0.15, 0.2) is 42.5 Å². The number of nitrogens with one attached hydrogen (secondary N) is 1. The van der Waals surface area contributed by atoms with E-state index in [2.05, 4.69) is 43.4 Å². The fraction of sp³-hybridized carbons (Fsp3) is 0.333. The zero-order valence-corrected chi connectivity index (χ0v) is 18.9. The molecule has 0 saturated heterocycles. The molecule has 1 aromatic heterocycles. The second-order valence-electron chi connectivity index (χ2n) is 7.44. The third-order valence-electron chi connectivity index (χ3n) is 5.67. The second kappa shape index (κ2) is 8.93. The standard InChI is InChI=1S/C24H25Cl2N3O/c1-4-19-22(17-11-10-15(25)13-18(17)26)27-20(5-2)24(28-19)29-23-16-9-7-6-8-14(16)12-21(23)30-3/h6-11,13,21,23H,4-5,12H2,1-3H3,(H,28,29)/t21-,23+/m0/s1. The molecule has 0 radical (unpaired) electrons. The lowest BCUT2D eigenvalue weighted by atomic mass is 10.1. The maximum absolute atomic E-state index is 6.48. The number of benzene rings is 2. The monoisotopic (exact) mass is 441 g/mol. The minimum Gasteiger partial charge on any atom is -0.379 e. The van der Waals surface area contributed by atoms with Gasteiger partial charge in [-0.3, -0.25) is 0 Å². The molecule has 0 unspecified atom stereocenters.